The van der Waals surface area contributed by atoms with Gasteiger partial charge in [-0.15, -0.1) is 0 Å². The molecule has 0 saturated heterocycles. The normalized spacial score (nSPS) is 15.0. The molecule has 0 aromatic rings. The van der Waals surface area contributed by atoms with Crippen molar-refractivity contribution < 1.29 is 32.9 Å². The number of phosphoric ester groups is 1. The largest absolute Gasteiger partial charge is 0.756 e. The number of amides is 1. The topological polar surface area (TPSA) is 108 Å². The third-order valence-corrected chi connectivity index (χ3v) is 13.5. The number of nitrogens with one attached hydrogen (secondary N) is 1. The van der Waals surface area contributed by atoms with E-state index in [9.17, 15) is 19.4 Å². The van der Waals surface area contributed by atoms with Crippen molar-refractivity contribution in [2.24, 2.45) is 0 Å². The molecule has 0 saturated carbocycles. The first kappa shape index (κ1) is 75.6. The summed E-state index contributed by atoms with van der Waals surface area (Å²) in [6.07, 6.45) is 95.6. The number of allylic oxidation sites excluding steroid dienone is 29. The number of aliphatic hydroxyl groups excluding tert-OH is 1. The molecule has 0 aliphatic carbocycles. The van der Waals surface area contributed by atoms with Crippen LogP contribution in [-0.2, 0) is 18.4 Å². The second-order valence-electron chi connectivity index (χ2n) is 21.3. The van der Waals surface area contributed by atoms with Gasteiger partial charge in [-0.05, 0) is 135 Å². The first-order valence-corrected chi connectivity index (χ1v) is 32.6. The zero-order valence-electron chi connectivity index (χ0n) is 51.2. The summed E-state index contributed by atoms with van der Waals surface area (Å²) in [6, 6.07) is -0.938. The Morgan fingerprint density at radius 2 is 0.775 bits per heavy atom. The molecule has 9 heteroatoms. The van der Waals surface area contributed by atoms with Gasteiger partial charge in [0.15, 0.2) is 0 Å². The Labute approximate surface area is 491 Å². The third-order valence-electron chi connectivity index (χ3n) is 12.6. The van der Waals surface area contributed by atoms with Crippen molar-refractivity contribution in [3.05, 3.63) is 182 Å². The number of phosphoric acid groups is 1. The summed E-state index contributed by atoms with van der Waals surface area (Å²) in [7, 11) is 1.19. The number of likely N-dealkylation sites (N-methyl/N-ethyl adjacent to an activating group) is 1. The van der Waals surface area contributed by atoms with Gasteiger partial charge in [0.2, 0.25) is 5.91 Å². The number of aliphatic hydroxyl groups is 1. The predicted molar refractivity (Wildman–Crippen MR) is 347 cm³/mol. The van der Waals surface area contributed by atoms with E-state index in [1.165, 1.54) is 44.9 Å². The van der Waals surface area contributed by atoms with Gasteiger partial charge in [0.1, 0.15) is 13.2 Å². The number of carbonyl (C=O) groups is 1. The summed E-state index contributed by atoms with van der Waals surface area (Å²) in [5.74, 6) is -0.244. The number of unbranched alkanes of at least 4 members (excludes halogenated alkanes) is 13. The Hall–Kier alpha value is -4.40. The maximum Gasteiger partial charge on any atom is 0.268 e. The van der Waals surface area contributed by atoms with Crippen LogP contribution in [0.25, 0.3) is 0 Å². The van der Waals surface area contributed by atoms with Crippen LogP contribution in [0.4, 0.5) is 0 Å². The van der Waals surface area contributed by atoms with Crippen LogP contribution in [0, 0.1) is 0 Å². The van der Waals surface area contributed by atoms with Crippen LogP contribution in [0.5, 0.6) is 0 Å². The maximum absolute atomic E-state index is 13.0. The first-order valence-electron chi connectivity index (χ1n) is 31.1. The molecule has 0 rings (SSSR count). The summed E-state index contributed by atoms with van der Waals surface area (Å²) in [5.41, 5.74) is 0. The second kappa shape index (κ2) is 59.2. The Morgan fingerprint density at radius 1 is 0.450 bits per heavy atom. The lowest BCUT2D eigenvalue weighted by atomic mass is 10.1. The maximum atomic E-state index is 13.0. The van der Waals surface area contributed by atoms with Crippen molar-refractivity contribution in [3.63, 3.8) is 0 Å². The van der Waals surface area contributed by atoms with E-state index >= 15 is 0 Å². The molecule has 0 aromatic carbocycles. The quantitative estimate of drug-likeness (QED) is 0.0272. The molecule has 0 heterocycles. The van der Waals surface area contributed by atoms with Crippen LogP contribution in [-0.4, -0.2) is 68.5 Å². The molecule has 2 N–H and O–H groups in total. The van der Waals surface area contributed by atoms with Gasteiger partial charge in [0, 0.05) is 6.42 Å². The van der Waals surface area contributed by atoms with Crippen LogP contribution in [0.2, 0.25) is 0 Å². The van der Waals surface area contributed by atoms with Gasteiger partial charge in [0.05, 0.1) is 39.9 Å². The minimum Gasteiger partial charge on any atom is -0.756 e. The molecule has 0 radical (unpaired) electrons. The van der Waals surface area contributed by atoms with Crippen LogP contribution < -0.4 is 10.2 Å². The highest BCUT2D eigenvalue weighted by molar-refractivity contribution is 7.45. The van der Waals surface area contributed by atoms with Crippen molar-refractivity contribution in [2.45, 2.75) is 219 Å². The number of rotatable bonds is 54. The van der Waals surface area contributed by atoms with Gasteiger partial charge in [-0.3, -0.25) is 9.36 Å². The fraction of sp³-hybridized carbons (Fsp3) is 0.563. The molecule has 0 bridgehead atoms. The van der Waals surface area contributed by atoms with Gasteiger partial charge in [-0.2, -0.15) is 0 Å². The Balaban J connectivity index is 4.27. The average molecular weight is 1120 g/mol. The number of hydrogen-bond donors (Lipinski definition) is 2. The molecule has 0 aliphatic rings. The van der Waals surface area contributed by atoms with Crippen molar-refractivity contribution in [1.82, 2.24) is 5.32 Å². The molecule has 0 aliphatic heterocycles. The van der Waals surface area contributed by atoms with E-state index in [4.69, 9.17) is 9.05 Å². The Morgan fingerprint density at radius 3 is 1.16 bits per heavy atom. The standard InChI is InChI=1S/C71H115N2O6P/c1-6-8-10-12-14-16-18-20-22-24-25-26-27-28-29-30-31-32-33-34-35-36-37-38-39-40-41-42-43-44-45-46-47-49-51-53-55-57-59-61-63-65-71(75)72-69(68-79-80(76,77)78-67-66-73(3,4)5)70(74)64-62-60-58-56-54-52-50-48-23-21-19-17-15-13-11-9-7-2/h8,10,14,16,20,22-23,25-26,28-29,31-32,34-35,37-38,40-41,43-44,46-48,51,53-54,56,62,64,69-70,74H,6-7,9,11-13,15,17-19,21,24,27,30,33,36,39,42,45,49-50,52,55,57-61,63,65-68H2,1-5H3,(H-,72,75,76,77)/b10-8-,16-14-,22-20-,26-25-,29-28-,32-31-,35-34-,38-37-,41-40-,44-43-,47-46-,48-23+,53-51-,56-54+,64-62+. The van der Waals surface area contributed by atoms with E-state index in [1.54, 1.807) is 6.08 Å². The summed E-state index contributed by atoms with van der Waals surface area (Å²) < 4.78 is 23.3. The number of nitrogens with zero attached hydrogens (tertiary/aromatic N) is 1. The molecule has 3 atom stereocenters. The van der Waals surface area contributed by atoms with E-state index < -0.39 is 26.6 Å². The molecule has 0 spiro atoms. The lowest BCUT2D eigenvalue weighted by Gasteiger charge is -2.29. The summed E-state index contributed by atoms with van der Waals surface area (Å²) in [5, 5.41) is 13.8. The van der Waals surface area contributed by atoms with Gasteiger partial charge < -0.3 is 28.8 Å². The molecule has 450 valence electrons. The molecular weight excluding hydrogens is 1010 g/mol. The minimum absolute atomic E-state index is 0.0244. The zero-order valence-corrected chi connectivity index (χ0v) is 52.1. The lowest BCUT2D eigenvalue weighted by molar-refractivity contribution is -0.870. The molecule has 3 unspecified atom stereocenters. The van der Waals surface area contributed by atoms with E-state index in [1.807, 2.05) is 27.2 Å². The summed E-state index contributed by atoms with van der Waals surface area (Å²) in [6.45, 7) is 4.45. The van der Waals surface area contributed by atoms with Crippen molar-refractivity contribution >= 4 is 13.7 Å². The van der Waals surface area contributed by atoms with Crippen LogP contribution in [0.3, 0.4) is 0 Å². The smallest absolute Gasteiger partial charge is 0.268 e. The lowest BCUT2D eigenvalue weighted by Crippen LogP contribution is -2.45. The van der Waals surface area contributed by atoms with E-state index in [2.05, 4.69) is 189 Å². The van der Waals surface area contributed by atoms with Gasteiger partial charge in [0.25, 0.3) is 7.82 Å². The van der Waals surface area contributed by atoms with Gasteiger partial charge in [-0.1, -0.05) is 247 Å². The molecule has 80 heavy (non-hydrogen) atoms. The van der Waals surface area contributed by atoms with Crippen LogP contribution in [0.15, 0.2) is 182 Å². The Bertz CT molecular complexity index is 1950. The van der Waals surface area contributed by atoms with Crippen LogP contribution in [0.1, 0.15) is 206 Å². The van der Waals surface area contributed by atoms with E-state index in [0.29, 0.717) is 23.9 Å². The molecule has 0 fully saturated rings. The highest BCUT2D eigenvalue weighted by Crippen LogP contribution is 2.38. The molecule has 1 amide bonds. The van der Waals surface area contributed by atoms with Crippen LogP contribution >= 0.6 is 7.82 Å². The summed E-state index contributed by atoms with van der Waals surface area (Å²) in [4.78, 5) is 25.5. The number of hydrogen-bond acceptors (Lipinski definition) is 6. The number of quaternary nitrogens is 1. The van der Waals surface area contributed by atoms with E-state index in [-0.39, 0.29) is 18.9 Å². The van der Waals surface area contributed by atoms with E-state index in [0.717, 1.165) is 128 Å². The second-order valence-corrected chi connectivity index (χ2v) is 22.7. The highest BCUT2D eigenvalue weighted by atomic mass is 31.2. The fourth-order valence-corrected chi connectivity index (χ4v) is 8.48. The minimum atomic E-state index is -4.63. The van der Waals surface area contributed by atoms with Gasteiger partial charge in [-0.25, -0.2) is 0 Å². The highest BCUT2D eigenvalue weighted by Gasteiger charge is 2.23. The van der Waals surface area contributed by atoms with Crippen molar-refractivity contribution in [3.8, 4) is 0 Å². The molecular formula is C71H115N2O6P. The van der Waals surface area contributed by atoms with Gasteiger partial charge >= 0.3 is 0 Å². The summed E-state index contributed by atoms with van der Waals surface area (Å²) >= 11 is 0. The van der Waals surface area contributed by atoms with Crippen molar-refractivity contribution in [1.29, 1.82) is 0 Å². The fourth-order valence-electron chi connectivity index (χ4n) is 7.75. The molecule has 8 nitrogen and oxygen atoms in total. The number of carbonyl (C=O) groups excluding carboxylic acids is 1. The third kappa shape index (κ3) is 61.2. The predicted octanol–water partition coefficient (Wildman–Crippen LogP) is 19.1. The Kier molecular flexibility index (Phi) is 56.0. The average Bonchev–Trinajstić information content (AvgIpc) is 3.42. The SMILES string of the molecule is CC/C=C\C/C=C\C/C=C\C/C=C\C/C=C\C/C=C\C/C=C\C/C=C\C/C=C\C/C=C\C/C=C\C/C=C\CCCCCCC(=O)NC(COP(=O)([O-])OCC[N+](C)(C)C)C(O)/C=C/CC/C=C/CC/C=C/CCCCCCCCC. The van der Waals surface area contributed by atoms with Crippen molar-refractivity contribution in [2.75, 3.05) is 40.9 Å². The first-order chi connectivity index (χ1) is 39.0. The monoisotopic (exact) mass is 1120 g/mol. The zero-order chi connectivity index (χ0) is 58.4. The molecule has 0 aromatic heterocycles.